The fourth-order valence-electron chi connectivity index (χ4n) is 1.27. The zero-order valence-electron chi connectivity index (χ0n) is 9.14. The largest absolute Gasteiger partial charge is 0.279 e. The third kappa shape index (κ3) is 3.56. The molecule has 0 unspecified atom stereocenters. The first kappa shape index (κ1) is 14.5. The Morgan fingerprint density at radius 2 is 1.95 bits per heavy atom. The Labute approximate surface area is 128 Å². The number of rotatable bonds is 3. The average molecular weight is 383 g/mol. The van der Waals surface area contributed by atoms with Crippen molar-refractivity contribution in [3.05, 3.63) is 45.4 Å². The molecule has 0 saturated heterocycles. The standard InChI is InChI=1S/C10H6BrCl2N3O2S/c11-6-3-8(10(13)15-5-6)19(17,18)16-7-1-2-14-9(12)4-7/h1-5H,(H,14,16). The van der Waals surface area contributed by atoms with Gasteiger partial charge in [0.1, 0.15) is 15.2 Å². The summed E-state index contributed by atoms with van der Waals surface area (Å²) in [5.74, 6) is 0. The number of hydrogen-bond donors (Lipinski definition) is 1. The first-order valence-corrected chi connectivity index (χ1v) is 7.87. The normalized spacial score (nSPS) is 11.3. The molecule has 9 heteroatoms. The van der Waals surface area contributed by atoms with Crippen molar-refractivity contribution in [3.63, 3.8) is 0 Å². The number of halogens is 3. The molecule has 0 radical (unpaired) electrons. The molecule has 1 N–H and O–H groups in total. The predicted molar refractivity (Wildman–Crippen MR) is 77.0 cm³/mol. The van der Waals surface area contributed by atoms with E-state index in [9.17, 15) is 8.42 Å². The van der Waals surface area contributed by atoms with Gasteiger partial charge in [0.2, 0.25) is 0 Å². The molecule has 2 heterocycles. The van der Waals surface area contributed by atoms with E-state index in [2.05, 4.69) is 30.6 Å². The van der Waals surface area contributed by atoms with Gasteiger partial charge in [0.05, 0.1) is 5.69 Å². The second kappa shape index (κ2) is 5.62. The van der Waals surface area contributed by atoms with Crippen LogP contribution in [-0.2, 0) is 10.0 Å². The fraction of sp³-hybridized carbons (Fsp3) is 0. The van der Waals surface area contributed by atoms with Crippen molar-refractivity contribution in [1.29, 1.82) is 0 Å². The lowest BCUT2D eigenvalue weighted by atomic mass is 10.4. The van der Waals surface area contributed by atoms with Crippen LogP contribution in [0, 0.1) is 0 Å². The van der Waals surface area contributed by atoms with Crippen molar-refractivity contribution < 1.29 is 8.42 Å². The first-order valence-electron chi connectivity index (χ1n) is 4.84. The van der Waals surface area contributed by atoms with Crippen LogP contribution in [0.5, 0.6) is 0 Å². The highest BCUT2D eigenvalue weighted by atomic mass is 79.9. The van der Waals surface area contributed by atoms with E-state index in [4.69, 9.17) is 23.2 Å². The number of sulfonamides is 1. The second-order valence-electron chi connectivity index (χ2n) is 3.42. The molecule has 0 amide bonds. The summed E-state index contributed by atoms with van der Waals surface area (Å²) in [6, 6.07) is 4.22. The maximum atomic E-state index is 12.2. The SMILES string of the molecule is O=S(=O)(Nc1ccnc(Cl)c1)c1cc(Br)cnc1Cl. The van der Waals surface area contributed by atoms with Crippen LogP contribution in [0.2, 0.25) is 10.3 Å². The van der Waals surface area contributed by atoms with Crippen molar-refractivity contribution in [2.75, 3.05) is 4.72 Å². The third-order valence-electron chi connectivity index (χ3n) is 2.04. The van der Waals surface area contributed by atoms with Crippen molar-refractivity contribution in [2.45, 2.75) is 4.90 Å². The molecule has 0 aliphatic rings. The minimum Gasteiger partial charge on any atom is -0.279 e. The number of anilines is 1. The smallest absolute Gasteiger partial charge is 0.265 e. The van der Waals surface area contributed by atoms with Crippen LogP contribution in [0.15, 0.2) is 40.0 Å². The van der Waals surface area contributed by atoms with E-state index in [0.29, 0.717) is 4.47 Å². The lowest BCUT2D eigenvalue weighted by Gasteiger charge is -2.09. The highest BCUT2D eigenvalue weighted by molar-refractivity contribution is 9.10. The molecule has 0 bridgehead atoms. The van der Waals surface area contributed by atoms with Gasteiger partial charge in [-0.05, 0) is 34.1 Å². The zero-order chi connectivity index (χ0) is 14.0. The highest BCUT2D eigenvalue weighted by Crippen LogP contribution is 2.25. The van der Waals surface area contributed by atoms with Gasteiger partial charge in [0.25, 0.3) is 10.0 Å². The van der Waals surface area contributed by atoms with Gasteiger partial charge in [-0.1, -0.05) is 23.2 Å². The average Bonchev–Trinajstić information content (AvgIpc) is 2.31. The Morgan fingerprint density at radius 3 is 2.63 bits per heavy atom. The summed E-state index contributed by atoms with van der Waals surface area (Å²) in [6.45, 7) is 0. The molecule has 0 aliphatic heterocycles. The summed E-state index contributed by atoms with van der Waals surface area (Å²) < 4.78 is 27.2. The number of nitrogens with one attached hydrogen (secondary N) is 1. The van der Waals surface area contributed by atoms with Crippen molar-refractivity contribution in [1.82, 2.24) is 9.97 Å². The molecule has 0 aliphatic carbocycles. The van der Waals surface area contributed by atoms with Crippen LogP contribution in [-0.4, -0.2) is 18.4 Å². The van der Waals surface area contributed by atoms with Gasteiger partial charge in [-0.3, -0.25) is 4.72 Å². The second-order valence-corrected chi connectivity index (χ2v) is 6.73. The van der Waals surface area contributed by atoms with E-state index in [0.717, 1.165) is 0 Å². The molecular weight excluding hydrogens is 377 g/mol. The van der Waals surface area contributed by atoms with Crippen molar-refractivity contribution in [2.24, 2.45) is 0 Å². The quantitative estimate of drug-likeness (QED) is 0.826. The van der Waals surface area contributed by atoms with Gasteiger partial charge in [-0.2, -0.15) is 0 Å². The highest BCUT2D eigenvalue weighted by Gasteiger charge is 2.19. The molecule has 2 aromatic heterocycles. The molecule has 19 heavy (non-hydrogen) atoms. The summed E-state index contributed by atoms with van der Waals surface area (Å²) in [5, 5.41) is 0.0644. The van der Waals surface area contributed by atoms with Crippen LogP contribution in [0.3, 0.4) is 0 Å². The van der Waals surface area contributed by atoms with Gasteiger partial charge < -0.3 is 0 Å². The van der Waals surface area contributed by atoms with Crippen LogP contribution < -0.4 is 4.72 Å². The van der Waals surface area contributed by atoms with Gasteiger partial charge >= 0.3 is 0 Å². The Hall–Kier alpha value is -0.890. The number of aromatic nitrogens is 2. The van der Waals surface area contributed by atoms with Gasteiger partial charge in [-0.15, -0.1) is 0 Å². The molecule has 0 saturated carbocycles. The third-order valence-corrected chi connectivity index (χ3v) is 4.49. The molecule has 5 nitrogen and oxygen atoms in total. The summed E-state index contributed by atoms with van der Waals surface area (Å²) in [4.78, 5) is 7.40. The van der Waals surface area contributed by atoms with E-state index >= 15 is 0 Å². The lowest BCUT2D eigenvalue weighted by molar-refractivity contribution is 0.601. The van der Waals surface area contributed by atoms with Crippen LogP contribution in [0.4, 0.5) is 5.69 Å². The molecule has 0 atom stereocenters. The molecular formula is C10H6BrCl2N3O2S. The van der Waals surface area contributed by atoms with Crippen LogP contribution in [0.25, 0.3) is 0 Å². The minimum absolute atomic E-state index is 0.115. The van der Waals surface area contributed by atoms with E-state index in [1.165, 1.54) is 30.6 Å². The number of hydrogen-bond acceptors (Lipinski definition) is 4. The molecule has 0 spiro atoms. The fourth-order valence-corrected chi connectivity index (χ4v) is 3.44. The topological polar surface area (TPSA) is 72.0 Å². The van der Waals surface area contributed by atoms with E-state index in [1.54, 1.807) is 0 Å². The molecule has 2 aromatic rings. The molecule has 100 valence electrons. The lowest BCUT2D eigenvalue weighted by Crippen LogP contribution is -2.14. The minimum atomic E-state index is -3.84. The summed E-state index contributed by atoms with van der Waals surface area (Å²) >= 11 is 14.6. The van der Waals surface area contributed by atoms with Gasteiger partial charge in [0, 0.05) is 16.9 Å². The van der Waals surface area contributed by atoms with Crippen LogP contribution >= 0.6 is 39.1 Å². The monoisotopic (exact) mass is 381 g/mol. The summed E-state index contributed by atoms with van der Waals surface area (Å²) in [7, 11) is -3.84. The molecule has 2 rings (SSSR count). The molecule has 0 aromatic carbocycles. The summed E-state index contributed by atoms with van der Waals surface area (Å²) in [5.41, 5.74) is 0.288. The number of nitrogens with zero attached hydrogens (tertiary/aromatic N) is 2. The van der Waals surface area contributed by atoms with E-state index in [1.807, 2.05) is 0 Å². The van der Waals surface area contributed by atoms with E-state index in [-0.39, 0.29) is 20.9 Å². The van der Waals surface area contributed by atoms with Gasteiger partial charge in [-0.25, -0.2) is 18.4 Å². The maximum absolute atomic E-state index is 12.2. The van der Waals surface area contributed by atoms with Crippen molar-refractivity contribution in [3.8, 4) is 0 Å². The van der Waals surface area contributed by atoms with Gasteiger partial charge in [0.15, 0.2) is 0 Å². The Balaban J connectivity index is 2.40. The zero-order valence-corrected chi connectivity index (χ0v) is 13.1. The van der Waals surface area contributed by atoms with E-state index < -0.39 is 10.0 Å². The predicted octanol–water partition coefficient (Wildman–Crippen LogP) is 3.35. The Kier molecular flexibility index (Phi) is 4.29. The Bertz CT molecular complexity index is 724. The number of pyridine rings is 2. The summed E-state index contributed by atoms with van der Waals surface area (Å²) in [6.07, 6.45) is 2.80. The maximum Gasteiger partial charge on any atom is 0.265 e. The molecule has 0 fully saturated rings. The first-order chi connectivity index (χ1) is 8.88. The Morgan fingerprint density at radius 1 is 1.21 bits per heavy atom. The van der Waals surface area contributed by atoms with Crippen molar-refractivity contribution >= 4 is 54.8 Å². The van der Waals surface area contributed by atoms with Crippen LogP contribution in [0.1, 0.15) is 0 Å².